The van der Waals surface area contributed by atoms with E-state index in [0.29, 0.717) is 6.04 Å². The van der Waals surface area contributed by atoms with Crippen LogP contribution in [0.2, 0.25) is 0 Å². The van der Waals surface area contributed by atoms with E-state index in [4.69, 9.17) is 4.99 Å². The maximum Gasteiger partial charge on any atom is 0.194 e. The van der Waals surface area contributed by atoms with Crippen LogP contribution in [0.15, 0.2) is 11.3 Å². The molecule has 1 aliphatic carbocycles. The zero-order valence-corrected chi connectivity index (χ0v) is 18.0. The van der Waals surface area contributed by atoms with Gasteiger partial charge in [0, 0.05) is 32.1 Å². The second-order valence-corrected chi connectivity index (χ2v) is 7.32. The Balaban J connectivity index is 0.00000225. The van der Waals surface area contributed by atoms with Crippen molar-refractivity contribution in [1.29, 1.82) is 0 Å². The van der Waals surface area contributed by atoms with Crippen molar-refractivity contribution < 1.29 is 0 Å². The van der Waals surface area contributed by atoms with Crippen molar-refractivity contribution in [3.05, 3.63) is 12.2 Å². The molecule has 1 atom stereocenters. The minimum Gasteiger partial charge on any atom is -0.354 e. The van der Waals surface area contributed by atoms with Gasteiger partial charge in [0.15, 0.2) is 5.96 Å². The van der Waals surface area contributed by atoms with Gasteiger partial charge in [-0.3, -0.25) is 4.99 Å². The first kappa shape index (κ1) is 20.5. The number of hydrogen-bond acceptors (Lipinski definition) is 3. The second kappa shape index (κ2) is 10.3. The Morgan fingerprint density at radius 1 is 1.28 bits per heavy atom. The van der Waals surface area contributed by atoms with Crippen LogP contribution in [0.3, 0.4) is 0 Å². The minimum atomic E-state index is 0. The van der Waals surface area contributed by atoms with Crippen LogP contribution < -0.4 is 5.32 Å². The van der Waals surface area contributed by atoms with Crippen LogP contribution in [0.25, 0.3) is 0 Å². The Bertz CT molecular complexity index is 537. The highest BCUT2D eigenvalue weighted by Crippen LogP contribution is 2.20. The summed E-state index contributed by atoms with van der Waals surface area (Å²) in [5, 5.41) is 11.9. The average molecular weight is 460 g/mol. The Morgan fingerprint density at radius 3 is 2.80 bits per heavy atom. The van der Waals surface area contributed by atoms with E-state index in [-0.39, 0.29) is 24.0 Å². The Kier molecular flexibility index (Phi) is 8.45. The van der Waals surface area contributed by atoms with E-state index in [1.54, 1.807) is 0 Å². The molecule has 0 amide bonds. The first-order valence-electron chi connectivity index (χ1n) is 9.69. The predicted octanol–water partition coefficient (Wildman–Crippen LogP) is 3.08. The van der Waals surface area contributed by atoms with Gasteiger partial charge in [0.1, 0.15) is 12.2 Å². The van der Waals surface area contributed by atoms with Gasteiger partial charge in [0.05, 0.1) is 6.54 Å². The van der Waals surface area contributed by atoms with E-state index in [9.17, 15) is 0 Å². The molecule has 1 saturated heterocycles. The molecule has 2 aliphatic rings. The first-order chi connectivity index (χ1) is 11.8. The molecular formula is C18H33IN6. The van der Waals surface area contributed by atoms with Crippen molar-refractivity contribution >= 4 is 29.9 Å². The fourth-order valence-electron chi connectivity index (χ4n) is 3.87. The highest BCUT2D eigenvalue weighted by molar-refractivity contribution is 14.0. The first-order valence-corrected chi connectivity index (χ1v) is 9.69. The zero-order valence-electron chi connectivity index (χ0n) is 15.7. The lowest BCUT2D eigenvalue weighted by Gasteiger charge is -2.35. The van der Waals surface area contributed by atoms with Crippen molar-refractivity contribution in [2.75, 3.05) is 19.6 Å². The molecule has 1 N–H and O–H groups in total. The van der Waals surface area contributed by atoms with Gasteiger partial charge in [-0.2, -0.15) is 0 Å². The molecule has 1 aromatic rings. The third kappa shape index (κ3) is 5.82. The SMILES string of the molecule is CCc1nncn1CCN=C(NC1CCCC1)N1CCCC(C)C1.I. The lowest BCUT2D eigenvalue weighted by atomic mass is 10.0. The number of nitrogens with one attached hydrogen (secondary N) is 1. The monoisotopic (exact) mass is 460 g/mol. The number of halogens is 1. The van der Waals surface area contributed by atoms with E-state index in [0.717, 1.165) is 50.3 Å². The molecule has 1 aromatic heterocycles. The van der Waals surface area contributed by atoms with Crippen molar-refractivity contribution in [2.24, 2.45) is 10.9 Å². The predicted molar refractivity (Wildman–Crippen MR) is 112 cm³/mol. The summed E-state index contributed by atoms with van der Waals surface area (Å²) in [6.45, 7) is 8.37. The van der Waals surface area contributed by atoms with Gasteiger partial charge in [-0.05, 0) is 31.6 Å². The van der Waals surface area contributed by atoms with Gasteiger partial charge in [0.2, 0.25) is 0 Å². The Morgan fingerprint density at radius 2 is 2.08 bits per heavy atom. The maximum absolute atomic E-state index is 4.95. The summed E-state index contributed by atoms with van der Waals surface area (Å²) in [4.78, 5) is 7.42. The number of aromatic nitrogens is 3. The van der Waals surface area contributed by atoms with Gasteiger partial charge in [-0.25, -0.2) is 0 Å². The van der Waals surface area contributed by atoms with Crippen LogP contribution in [0, 0.1) is 5.92 Å². The van der Waals surface area contributed by atoms with Gasteiger partial charge >= 0.3 is 0 Å². The molecule has 0 bridgehead atoms. The molecule has 25 heavy (non-hydrogen) atoms. The Hall–Kier alpha value is -0.860. The molecule has 0 radical (unpaired) electrons. The number of aliphatic imine (C=N–C) groups is 1. The highest BCUT2D eigenvalue weighted by atomic mass is 127. The lowest BCUT2D eigenvalue weighted by Crippen LogP contribution is -2.49. The summed E-state index contributed by atoms with van der Waals surface area (Å²) in [6.07, 6.45) is 10.6. The van der Waals surface area contributed by atoms with E-state index < -0.39 is 0 Å². The summed E-state index contributed by atoms with van der Waals surface area (Å²) >= 11 is 0. The molecule has 0 spiro atoms. The molecule has 6 nitrogen and oxygen atoms in total. The van der Waals surface area contributed by atoms with Gasteiger partial charge in [-0.1, -0.05) is 26.7 Å². The van der Waals surface area contributed by atoms with Gasteiger partial charge in [0.25, 0.3) is 0 Å². The maximum atomic E-state index is 4.95. The molecule has 3 rings (SSSR count). The van der Waals surface area contributed by atoms with Crippen molar-refractivity contribution in [1.82, 2.24) is 25.0 Å². The van der Waals surface area contributed by atoms with Crippen LogP contribution in [0.1, 0.15) is 58.2 Å². The molecule has 1 aliphatic heterocycles. The number of likely N-dealkylation sites (tertiary alicyclic amines) is 1. The van der Waals surface area contributed by atoms with Crippen LogP contribution >= 0.6 is 24.0 Å². The molecular weight excluding hydrogens is 427 g/mol. The quantitative estimate of drug-likeness (QED) is 0.417. The summed E-state index contributed by atoms with van der Waals surface area (Å²) in [6, 6.07) is 0.613. The molecule has 1 unspecified atom stereocenters. The van der Waals surface area contributed by atoms with Crippen LogP contribution in [0.4, 0.5) is 0 Å². The summed E-state index contributed by atoms with van der Waals surface area (Å²) in [5.74, 6) is 2.93. The molecule has 1 saturated carbocycles. The van der Waals surface area contributed by atoms with Crippen LogP contribution in [-0.2, 0) is 13.0 Å². The van der Waals surface area contributed by atoms with Gasteiger partial charge < -0.3 is 14.8 Å². The standard InChI is InChI=1S/C18H32N6.HI/c1-3-17-22-20-14-24(17)12-10-19-18(21-16-8-4-5-9-16)23-11-6-7-15(2)13-23;/h14-16H,3-13H2,1-2H3,(H,19,21);1H. The van der Waals surface area contributed by atoms with Crippen molar-refractivity contribution in [2.45, 2.75) is 71.4 Å². The third-order valence-electron chi connectivity index (χ3n) is 5.26. The summed E-state index contributed by atoms with van der Waals surface area (Å²) in [5.41, 5.74) is 0. The molecule has 7 heteroatoms. The van der Waals surface area contributed by atoms with E-state index >= 15 is 0 Å². The smallest absolute Gasteiger partial charge is 0.194 e. The van der Waals surface area contributed by atoms with Crippen LogP contribution in [0.5, 0.6) is 0 Å². The number of rotatable bonds is 5. The minimum absolute atomic E-state index is 0. The molecule has 0 aromatic carbocycles. The fourth-order valence-corrected chi connectivity index (χ4v) is 3.87. The van der Waals surface area contributed by atoms with Gasteiger partial charge in [-0.15, -0.1) is 34.2 Å². The van der Waals surface area contributed by atoms with Crippen LogP contribution in [-0.4, -0.2) is 51.3 Å². The molecule has 142 valence electrons. The largest absolute Gasteiger partial charge is 0.354 e. The number of piperidine rings is 1. The third-order valence-corrected chi connectivity index (χ3v) is 5.26. The van der Waals surface area contributed by atoms with E-state index in [1.165, 1.54) is 38.5 Å². The Labute approximate surface area is 168 Å². The van der Waals surface area contributed by atoms with Crippen molar-refractivity contribution in [3.63, 3.8) is 0 Å². The lowest BCUT2D eigenvalue weighted by molar-refractivity contribution is 0.263. The number of nitrogens with zero attached hydrogens (tertiary/aromatic N) is 5. The number of aryl methyl sites for hydroxylation is 1. The topological polar surface area (TPSA) is 58.3 Å². The number of guanidine groups is 1. The van der Waals surface area contributed by atoms with Crippen molar-refractivity contribution in [3.8, 4) is 0 Å². The zero-order chi connectivity index (χ0) is 16.8. The number of hydrogen-bond donors (Lipinski definition) is 1. The summed E-state index contributed by atoms with van der Waals surface area (Å²) < 4.78 is 2.12. The summed E-state index contributed by atoms with van der Waals surface area (Å²) in [7, 11) is 0. The van der Waals surface area contributed by atoms with E-state index in [2.05, 4.69) is 38.8 Å². The normalized spacial score (nSPS) is 22.1. The molecule has 2 fully saturated rings. The second-order valence-electron chi connectivity index (χ2n) is 7.32. The van der Waals surface area contributed by atoms with E-state index in [1.807, 2.05) is 6.33 Å². The molecule has 2 heterocycles. The average Bonchev–Trinajstić information content (AvgIpc) is 3.25. The highest BCUT2D eigenvalue weighted by Gasteiger charge is 2.23. The fraction of sp³-hybridized carbons (Fsp3) is 0.833.